The molecule has 1 fully saturated rings. The Morgan fingerprint density at radius 1 is 1.19 bits per heavy atom. The molecule has 1 aromatic rings. The van der Waals surface area contributed by atoms with Gasteiger partial charge in [0.1, 0.15) is 0 Å². The van der Waals surface area contributed by atoms with Gasteiger partial charge < -0.3 is 0 Å². The number of hydrogen-bond donors (Lipinski definition) is 0. The standard InChI is InChI=1S/C14H18Br2/c1-13(2,3)11-6-4-10(5-7-11)8-12-9-14(12,15)16/h4-7,12H,8-9H2,1-3H3. The monoisotopic (exact) mass is 344 g/mol. The molecule has 1 unspecified atom stereocenters. The summed E-state index contributed by atoms with van der Waals surface area (Å²) in [7, 11) is 0. The second-order valence-electron chi connectivity index (χ2n) is 5.81. The fourth-order valence-corrected chi connectivity index (χ4v) is 3.02. The van der Waals surface area contributed by atoms with E-state index < -0.39 is 0 Å². The second kappa shape index (κ2) is 4.13. The van der Waals surface area contributed by atoms with Crippen molar-refractivity contribution >= 4 is 31.9 Å². The van der Waals surface area contributed by atoms with Crippen LogP contribution in [0, 0.1) is 5.92 Å². The van der Waals surface area contributed by atoms with Crippen LogP contribution in [-0.4, -0.2) is 3.23 Å². The first kappa shape index (κ1) is 12.6. The Bertz CT molecular complexity index is 371. The maximum atomic E-state index is 3.67. The highest BCUT2D eigenvalue weighted by atomic mass is 79.9. The Hall–Kier alpha value is 0.180. The first-order chi connectivity index (χ1) is 7.29. The number of rotatable bonds is 2. The van der Waals surface area contributed by atoms with Crippen LogP contribution in [0.4, 0.5) is 0 Å². The van der Waals surface area contributed by atoms with E-state index in [4.69, 9.17) is 0 Å². The lowest BCUT2D eigenvalue weighted by Crippen LogP contribution is -2.10. The molecule has 0 bridgehead atoms. The van der Waals surface area contributed by atoms with Crippen molar-refractivity contribution in [1.82, 2.24) is 0 Å². The molecule has 0 aromatic heterocycles. The van der Waals surface area contributed by atoms with Crippen molar-refractivity contribution in [3.05, 3.63) is 35.4 Å². The maximum Gasteiger partial charge on any atom is 0.0841 e. The molecule has 0 amide bonds. The number of alkyl halides is 2. The molecule has 0 N–H and O–H groups in total. The predicted octanol–water partition coefficient (Wildman–Crippen LogP) is 5.03. The molecule has 0 aliphatic heterocycles. The summed E-state index contributed by atoms with van der Waals surface area (Å²) in [4.78, 5) is 0. The fraction of sp³-hybridized carbons (Fsp3) is 0.571. The first-order valence-electron chi connectivity index (χ1n) is 5.76. The summed E-state index contributed by atoms with van der Waals surface area (Å²) < 4.78 is 0.225. The van der Waals surface area contributed by atoms with Crippen LogP contribution >= 0.6 is 31.9 Å². The summed E-state index contributed by atoms with van der Waals surface area (Å²) in [5.74, 6) is 0.744. The van der Waals surface area contributed by atoms with Gasteiger partial charge in [0.15, 0.2) is 0 Å². The third kappa shape index (κ3) is 2.89. The lowest BCUT2D eigenvalue weighted by molar-refractivity contribution is 0.590. The van der Waals surface area contributed by atoms with E-state index in [-0.39, 0.29) is 8.65 Å². The van der Waals surface area contributed by atoms with E-state index in [9.17, 15) is 0 Å². The normalized spacial score (nSPS) is 23.2. The van der Waals surface area contributed by atoms with E-state index >= 15 is 0 Å². The van der Waals surface area contributed by atoms with Gasteiger partial charge in [-0.25, -0.2) is 0 Å². The van der Waals surface area contributed by atoms with Gasteiger partial charge in [-0.3, -0.25) is 0 Å². The van der Waals surface area contributed by atoms with Crippen LogP contribution in [0.3, 0.4) is 0 Å². The summed E-state index contributed by atoms with van der Waals surface area (Å²) in [5, 5.41) is 0. The van der Waals surface area contributed by atoms with Gasteiger partial charge >= 0.3 is 0 Å². The number of halogens is 2. The van der Waals surface area contributed by atoms with Gasteiger partial charge in [-0.1, -0.05) is 76.9 Å². The van der Waals surface area contributed by atoms with Gasteiger partial charge in [0, 0.05) is 0 Å². The van der Waals surface area contributed by atoms with Crippen LogP contribution < -0.4 is 0 Å². The van der Waals surface area contributed by atoms with Crippen LogP contribution in [0.25, 0.3) is 0 Å². The SMILES string of the molecule is CC(C)(C)c1ccc(CC2CC2(Br)Br)cc1. The van der Waals surface area contributed by atoms with Crippen molar-refractivity contribution in [3.63, 3.8) is 0 Å². The zero-order valence-electron chi connectivity index (χ0n) is 10.1. The summed E-state index contributed by atoms with van der Waals surface area (Å²) in [6.45, 7) is 6.76. The number of benzene rings is 1. The van der Waals surface area contributed by atoms with E-state index in [1.54, 1.807) is 0 Å². The molecule has 1 saturated carbocycles. The third-order valence-electron chi connectivity index (χ3n) is 3.26. The van der Waals surface area contributed by atoms with Crippen molar-refractivity contribution in [3.8, 4) is 0 Å². The Labute approximate surface area is 115 Å². The van der Waals surface area contributed by atoms with Crippen LogP contribution in [0.1, 0.15) is 38.3 Å². The van der Waals surface area contributed by atoms with Gasteiger partial charge in [-0.2, -0.15) is 0 Å². The molecule has 0 saturated heterocycles. The van der Waals surface area contributed by atoms with Crippen molar-refractivity contribution in [2.45, 2.75) is 42.3 Å². The predicted molar refractivity (Wildman–Crippen MR) is 77.5 cm³/mol. The molecule has 1 aliphatic rings. The minimum absolute atomic E-state index is 0.225. The molecule has 1 aromatic carbocycles. The summed E-state index contributed by atoms with van der Waals surface area (Å²) in [5.41, 5.74) is 3.11. The minimum atomic E-state index is 0.225. The highest BCUT2D eigenvalue weighted by Crippen LogP contribution is 2.57. The fourth-order valence-electron chi connectivity index (χ4n) is 1.92. The highest BCUT2D eigenvalue weighted by Gasteiger charge is 2.49. The largest absolute Gasteiger partial charge is 0.0841 e. The lowest BCUT2D eigenvalue weighted by atomic mass is 9.86. The summed E-state index contributed by atoms with van der Waals surface area (Å²) >= 11 is 7.35. The van der Waals surface area contributed by atoms with Crippen LogP contribution in [0.5, 0.6) is 0 Å². The van der Waals surface area contributed by atoms with Gasteiger partial charge in [0.25, 0.3) is 0 Å². The van der Waals surface area contributed by atoms with Crippen molar-refractivity contribution < 1.29 is 0 Å². The Balaban J connectivity index is 2.03. The first-order valence-corrected chi connectivity index (χ1v) is 7.35. The lowest BCUT2D eigenvalue weighted by Gasteiger charge is -2.19. The average molecular weight is 346 g/mol. The van der Waals surface area contributed by atoms with Crippen molar-refractivity contribution in [2.24, 2.45) is 5.92 Å². The summed E-state index contributed by atoms with van der Waals surface area (Å²) in [6.07, 6.45) is 2.40. The van der Waals surface area contributed by atoms with Crippen LogP contribution in [0.2, 0.25) is 0 Å². The maximum absolute atomic E-state index is 3.67. The Morgan fingerprint density at radius 3 is 2.06 bits per heavy atom. The highest BCUT2D eigenvalue weighted by molar-refractivity contribution is 9.25. The van der Waals surface area contributed by atoms with Gasteiger partial charge in [0.05, 0.1) is 3.23 Å². The summed E-state index contributed by atoms with van der Waals surface area (Å²) in [6, 6.07) is 9.08. The Kier molecular flexibility index (Phi) is 3.26. The van der Waals surface area contributed by atoms with E-state index in [1.165, 1.54) is 24.0 Å². The Morgan fingerprint density at radius 2 is 1.69 bits per heavy atom. The van der Waals surface area contributed by atoms with Gasteiger partial charge in [-0.05, 0) is 35.3 Å². The quantitative estimate of drug-likeness (QED) is 0.659. The molecule has 1 atom stereocenters. The topological polar surface area (TPSA) is 0 Å². The van der Waals surface area contributed by atoms with E-state index in [0.29, 0.717) is 0 Å². The van der Waals surface area contributed by atoms with E-state index in [1.807, 2.05) is 0 Å². The van der Waals surface area contributed by atoms with Crippen molar-refractivity contribution in [1.29, 1.82) is 0 Å². The smallest absolute Gasteiger partial charge is 0.0724 e. The molecule has 2 heteroatoms. The van der Waals surface area contributed by atoms with E-state index in [2.05, 4.69) is 76.9 Å². The van der Waals surface area contributed by atoms with Gasteiger partial charge in [0.2, 0.25) is 0 Å². The van der Waals surface area contributed by atoms with E-state index in [0.717, 1.165) is 5.92 Å². The molecular formula is C14H18Br2. The zero-order valence-corrected chi connectivity index (χ0v) is 13.2. The third-order valence-corrected chi connectivity index (χ3v) is 5.20. The second-order valence-corrected chi connectivity index (χ2v) is 9.71. The molecule has 0 radical (unpaired) electrons. The average Bonchev–Trinajstić information content (AvgIpc) is 2.73. The molecule has 0 spiro atoms. The zero-order chi connectivity index (χ0) is 12.0. The van der Waals surface area contributed by atoms with Crippen molar-refractivity contribution in [2.75, 3.05) is 0 Å². The number of hydrogen-bond acceptors (Lipinski definition) is 0. The molecule has 0 heterocycles. The van der Waals surface area contributed by atoms with Gasteiger partial charge in [-0.15, -0.1) is 0 Å². The molecule has 0 nitrogen and oxygen atoms in total. The van der Waals surface area contributed by atoms with Crippen LogP contribution in [-0.2, 0) is 11.8 Å². The minimum Gasteiger partial charge on any atom is -0.0724 e. The molecule has 88 valence electrons. The van der Waals surface area contributed by atoms with Crippen LogP contribution in [0.15, 0.2) is 24.3 Å². The molecule has 2 rings (SSSR count). The molecule has 16 heavy (non-hydrogen) atoms. The molecule has 1 aliphatic carbocycles. The molecular weight excluding hydrogens is 328 g/mol.